The summed E-state index contributed by atoms with van der Waals surface area (Å²) in [5.74, 6) is 0.174. The highest BCUT2D eigenvalue weighted by Crippen LogP contribution is 2.28. The Labute approximate surface area is 156 Å². The number of carbonyl (C=O) groups is 2. The van der Waals surface area contributed by atoms with E-state index in [1.807, 2.05) is 20.8 Å². The number of amides is 2. The second-order valence-corrected chi connectivity index (χ2v) is 7.70. The van der Waals surface area contributed by atoms with Gasteiger partial charge >= 0.3 is 0 Å². The minimum atomic E-state index is -0.509. The number of carbonyl (C=O) groups excluding carboxylic acids is 2. The Bertz CT molecular complexity index is 870. The number of nitrogens with zero attached hydrogens (tertiary/aromatic N) is 2. The van der Waals surface area contributed by atoms with Crippen LogP contribution in [0.2, 0.25) is 0 Å². The fourth-order valence-electron chi connectivity index (χ4n) is 2.77. The Morgan fingerprint density at radius 1 is 1.33 bits per heavy atom. The van der Waals surface area contributed by atoms with Gasteiger partial charge in [-0.25, -0.2) is 4.39 Å². The molecule has 27 heavy (non-hydrogen) atoms. The molecule has 3 rings (SSSR count). The van der Waals surface area contributed by atoms with Crippen molar-refractivity contribution < 1.29 is 18.5 Å². The van der Waals surface area contributed by atoms with Gasteiger partial charge in [0, 0.05) is 30.4 Å². The number of halogens is 1. The summed E-state index contributed by atoms with van der Waals surface area (Å²) in [4.78, 5) is 27.9. The monoisotopic (exact) mass is 374 g/mol. The molecule has 0 atom stereocenters. The Balaban J connectivity index is 1.54. The molecule has 0 saturated carbocycles. The normalized spacial score (nSPS) is 13.9. The lowest BCUT2D eigenvalue weighted by Crippen LogP contribution is -2.20. The van der Waals surface area contributed by atoms with Gasteiger partial charge in [-0.15, -0.1) is 0 Å². The highest BCUT2D eigenvalue weighted by atomic mass is 19.1. The molecule has 0 spiro atoms. The summed E-state index contributed by atoms with van der Waals surface area (Å²) in [6.45, 7) is 5.97. The summed E-state index contributed by atoms with van der Waals surface area (Å²) in [7, 11) is 0. The molecule has 0 bridgehead atoms. The zero-order valence-electron chi connectivity index (χ0n) is 15.7. The van der Waals surface area contributed by atoms with Crippen molar-refractivity contribution >= 4 is 23.2 Å². The van der Waals surface area contributed by atoms with E-state index in [1.54, 1.807) is 0 Å². The van der Waals surface area contributed by atoms with Crippen LogP contribution in [0.25, 0.3) is 0 Å². The zero-order valence-corrected chi connectivity index (χ0v) is 15.7. The van der Waals surface area contributed by atoms with Gasteiger partial charge in [-0.2, -0.15) is 4.98 Å². The molecule has 2 aromatic rings. The van der Waals surface area contributed by atoms with Crippen LogP contribution >= 0.6 is 0 Å². The number of fused-ring (bicyclic) bond motifs is 1. The lowest BCUT2D eigenvalue weighted by Gasteiger charge is -2.18. The van der Waals surface area contributed by atoms with E-state index < -0.39 is 5.82 Å². The topological polar surface area (TPSA) is 97.1 Å². The quantitative estimate of drug-likeness (QED) is 0.836. The summed E-state index contributed by atoms with van der Waals surface area (Å²) < 4.78 is 19.4. The largest absolute Gasteiger partial charge is 0.339 e. The van der Waals surface area contributed by atoms with Crippen LogP contribution in [0.1, 0.15) is 57.3 Å². The molecule has 1 aromatic heterocycles. The molecular formula is C19H23FN4O3. The van der Waals surface area contributed by atoms with E-state index in [9.17, 15) is 14.0 Å². The number of aryl methyl sites for hydroxylation is 2. The maximum absolute atomic E-state index is 14.2. The van der Waals surface area contributed by atoms with Crippen molar-refractivity contribution in [1.82, 2.24) is 10.1 Å². The standard InChI is InChI=1S/C19H23FN4O3/c1-19(2,3)18-23-17(27-24-18)6-4-5-15(25)22-14-10-13-11(9-12(14)20)7-8-16(26)21-13/h9-10H,4-8H2,1-3H3,(H,21,26)(H,22,25). The molecule has 2 heterocycles. The van der Waals surface area contributed by atoms with Gasteiger partial charge in [-0.1, -0.05) is 25.9 Å². The van der Waals surface area contributed by atoms with E-state index in [2.05, 4.69) is 20.8 Å². The van der Waals surface area contributed by atoms with E-state index in [0.29, 0.717) is 43.1 Å². The van der Waals surface area contributed by atoms with Gasteiger partial charge < -0.3 is 15.2 Å². The predicted molar refractivity (Wildman–Crippen MR) is 97.9 cm³/mol. The molecule has 7 nitrogen and oxygen atoms in total. The van der Waals surface area contributed by atoms with E-state index in [4.69, 9.17) is 4.52 Å². The van der Waals surface area contributed by atoms with E-state index in [-0.39, 0.29) is 29.3 Å². The Morgan fingerprint density at radius 3 is 2.81 bits per heavy atom. The number of benzene rings is 1. The van der Waals surface area contributed by atoms with Crippen LogP contribution in [-0.2, 0) is 27.8 Å². The highest BCUT2D eigenvalue weighted by Gasteiger charge is 2.21. The average Bonchev–Trinajstić information content (AvgIpc) is 3.05. The molecule has 1 aromatic carbocycles. The molecule has 2 N–H and O–H groups in total. The van der Waals surface area contributed by atoms with Gasteiger partial charge in [-0.05, 0) is 30.5 Å². The van der Waals surface area contributed by atoms with Crippen molar-refractivity contribution in [3.05, 3.63) is 35.2 Å². The second kappa shape index (κ2) is 7.46. The lowest BCUT2D eigenvalue weighted by molar-refractivity contribution is -0.117. The summed E-state index contributed by atoms with van der Waals surface area (Å²) in [6, 6.07) is 2.82. The predicted octanol–water partition coefficient (Wildman–Crippen LogP) is 3.35. The molecule has 0 fully saturated rings. The number of nitrogens with one attached hydrogen (secondary N) is 2. The van der Waals surface area contributed by atoms with Crippen molar-refractivity contribution in [3.63, 3.8) is 0 Å². The zero-order chi connectivity index (χ0) is 19.6. The third-order valence-corrected chi connectivity index (χ3v) is 4.30. The number of hydrogen-bond acceptors (Lipinski definition) is 5. The SMILES string of the molecule is CC(C)(C)c1noc(CCCC(=O)Nc2cc3c(cc2F)CCC(=O)N3)n1. The molecule has 1 aliphatic rings. The lowest BCUT2D eigenvalue weighted by atomic mass is 9.96. The Kier molecular flexibility index (Phi) is 5.25. The van der Waals surface area contributed by atoms with Crippen LogP contribution in [0.15, 0.2) is 16.7 Å². The van der Waals surface area contributed by atoms with E-state index >= 15 is 0 Å². The number of hydrogen-bond donors (Lipinski definition) is 2. The first-order chi connectivity index (χ1) is 12.7. The maximum Gasteiger partial charge on any atom is 0.226 e. The molecule has 0 radical (unpaired) electrons. The van der Waals surface area contributed by atoms with Gasteiger partial charge in [0.05, 0.1) is 5.69 Å². The summed E-state index contributed by atoms with van der Waals surface area (Å²) in [5.41, 5.74) is 1.15. The van der Waals surface area contributed by atoms with Crippen LogP contribution in [0, 0.1) is 5.82 Å². The van der Waals surface area contributed by atoms with Crippen LogP contribution in [-0.4, -0.2) is 22.0 Å². The molecule has 0 aliphatic carbocycles. The minimum absolute atomic E-state index is 0.0637. The molecule has 0 unspecified atom stereocenters. The molecule has 0 saturated heterocycles. The van der Waals surface area contributed by atoms with E-state index in [1.165, 1.54) is 12.1 Å². The van der Waals surface area contributed by atoms with E-state index in [0.717, 1.165) is 5.56 Å². The van der Waals surface area contributed by atoms with Gasteiger partial charge in [0.25, 0.3) is 0 Å². The van der Waals surface area contributed by atoms with Crippen LogP contribution in [0.3, 0.4) is 0 Å². The van der Waals surface area contributed by atoms with Crippen molar-refractivity contribution in [2.75, 3.05) is 10.6 Å². The molecule has 2 amide bonds. The molecule has 144 valence electrons. The number of rotatable bonds is 5. The third-order valence-electron chi connectivity index (χ3n) is 4.30. The van der Waals surface area contributed by atoms with Crippen molar-refractivity contribution in [3.8, 4) is 0 Å². The van der Waals surface area contributed by atoms with Gasteiger partial charge in [0.1, 0.15) is 5.82 Å². The highest BCUT2D eigenvalue weighted by molar-refractivity contribution is 5.96. The average molecular weight is 374 g/mol. The van der Waals surface area contributed by atoms with Gasteiger partial charge in [0.2, 0.25) is 17.7 Å². The van der Waals surface area contributed by atoms with Crippen molar-refractivity contribution in [2.45, 2.75) is 58.3 Å². The first-order valence-corrected chi connectivity index (χ1v) is 8.97. The van der Waals surface area contributed by atoms with Crippen LogP contribution in [0.4, 0.5) is 15.8 Å². The van der Waals surface area contributed by atoms with Crippen LogP contribution < -0.4 is 10.6 Å². The molecule has 1 aliphatic heterocycles. The minimum Gasteiger partial charge on any atom is -0.339 e. The van der Waals surface area contributed by atoms with Gasteiger partial charge in [0.15, 0.2) is 5.82 Å². The van der Waals surface area contributed by atoms with Gasteiger partial charge in [-0.3, -0.25) is 9.59 Å². The Hall–Kier alpha value is -2.77. The summed E-state index contributed by atoms with van der Waals surface area (Å²) >= 11 is 0. The smallest absolute Gasteiger partial charge is 0.226 e. The Morgan fingerprint density at radius 2 is 2.11 bits per heavy atom. The van der Waals surface area contributed by atoms with Crippen molar-refractivity contribution in [1.29, 1.82) is 0 Å². The summed E-state index contributed by atoms with van der Waals surface area (Å²) in [6.07, 6.45) is 1.99. The third kappa shape index (κ3) is 4.69. The first kappa shape index (κ1) is 19.0. The number of anilines is 2. The summed E-state index contributed by atoms with van der Waals surface area (Å²) in [5, 5.41) is 9.20. The fourth-order valence-corrected chi connectivity index (χ4v) is 2.77. The number of aromatic nitrogens is 2. The first-order valence-electron chi connectivity index (χ1n) is 8.97. The maximum atomic E-state index is 14.2. The molecular weight excluding hydrogens is 351 g/mol. The van der Waals surface area contributed by atoms with Crippen LogP contribution in [0.5, 0.6) is 0 Å². The molecule has 8 heteroatoms. The fraction of sp³-hybridized carbons (Fsp3) is 0.474. The second-order valence-electron chi connectivity index (χ2n) is 7.70. The van der Waals surface area contributed by atoms with Crippen molar-refractivity contribution in [2.24, 2.45) is 0 Å².